The summed E-state index contributed by atoms with van der Waals surface area (Å²) in [6, 6.07) is 11.2. The Bertz CT molecular complexity index is 718. The van der Waals surface area contributed by atoms with E-state index in [4.69, 9.17) is 17.3 Å². The summed E-state index contributed by atoms with van der Waals surface area (Å²) in [6.07, 6.45) is 0. The highest BCUT2D eigenvalue weighted by atomic mass is 79.9. The fourth-order valence-electron chi connectivity index (χ4n) is 1.58. The average Bonchev–Trinajstić information content (AvgIpc) is 2.42. The normalized spacial score (nSPS) is 11.3. The molecule has 0 bridgehead atoms. The van der Waals surface area contributed by atoms with Crippen molar-refractivity contribution < 1.29 is 8.42 Å². The van der Waals surface area contributed by atoms with Gasteiger partial charge in [-0.1, -0.05) is 23.7 Å². The smallest absolute Gasteiger partial charge is 0.261 e. The summed E-state index contributed by atoms with van der Waals surface area (Å²) in [4.78, 5) is 0.177. The third kappa shape index (κ3) is 3.52. The van der Waals surface area contributed by atoms with Gasteiger partial charge in [-0.25, -0.2) is 8.42 Å². The summed E-state index contributed by atoms with van der Waals surface area (Å²) in [7, 11) is -3.64. The number of sulfonamides is 1. The Labute approximate surface area is 131 Å². The molecule has 7 heteroatoms. The van der Waals surface area contributed by atoms with Crippen molar-refractivity contribution in [2.45, 2.75) is 11.4 Å². The second kappa shape index (κ2) is 6.13. The number of anilines is 1. The molecular formula is C13H12BrClN2O2S. The predicted octanol–water partition coefficient (Wildman–Crippen LogP) is 3.36. The van der Waals surface area contributed by atoms with Gasteiger partial charge in [0.1, 0.15) is 0 Å². The van der Waals surface area contributed by atoms with Crippen molar-refractivity contribution in [3.8, 4) is 0 Å². The van der Waals surface area contributed by atoms with E-state index in [2.05, 4.69) is 20.7 Å². The van der Waals surface area contributed by atoms with Crippen molar-refractivity contribution in [3.05, 3.63) is 57.5 Å². The van der Waals surface area contributed by atoms with Gasteiger partial charge in [0, 0.05) is 16.0 Å². The number of hydrogen-bond donors (Lipinski definition) is 2. The van der Waals surface area contributed by atoms with E-state index in [-0.39, 0.29) is 4.90 Å². The van der Waals surface area contributed by atoms with Crippen molar-refractivity contribution in [1.82, 2.24) is 0 Å². The van der Waals surface area contributed by atoms with Gasteiger partial charge in [-0.05, 0) is 51.8 Å². The van der Waals surface area contributed by atoms with Crippen LogP contribution < -0.4 is 10.5 Å². The largest absolute Gasteiger partial charge is 0.326 e. The molecule has 106 valence electrons. The molecule has 0 aliphatic heterocycles. The van der Waals surface area contributed by atoms with Crippen molar-refractivity contribution in [2.24, 2.45) is 5.73 Å². The molecule has 0 atom stereocenters. The van der Waals surface area contributed by atoms with Crippen LogP contribution in [0, 0.1) is 0 Å². The van der Waals surface area contributed by atoms with Gasteiger partial charge in [0.05, 0.1) is 10.6 Å². The van der Waals surface area contributed by atoms with Crippen LogP contribution in [0.15, 0.2) is 51.8 Å². The van der Waals surface area contributed by atoms with E-state index < -0.39 is 10.0 Å². The molecule has 0 aromatic heterocycles. The highest BCUT2D eigenvalue weighted by Gasteiger charge is 2.15. The summed E-state index contributed by atoms with van der Waals surface area (Å²) >= 11 is 9.09. The number of nitrogens with one attached hydrogen (secondary N) is 1. The minimum atomic E-state index is -3.64. The number of halogens is 2. The van der Waals surface area contributed by atoms with E-state index in [0.717, 1.165) is 5.56 Å². The lowest BCUT2D eigenvalue weighted by Gasteiger charge is -2.10. The molecule has 20 heavy (non-hydrogen) atoms. The number of nitrogens with two attached hydrogens (primary N) is 1. The molecule has 0 heterocycles. The highest BCUT2D eigenvalue weighted by Crippen LogP contribution is 2.28. The van der Waals surface area contributed by atoms with Gasteiger partial charge in [0.15, 0.2) is 0 Å². The Balaban J connectivity index is 2.30. The number of rotatable bonds is 4. The van der Waals surface area contributed by atoms with Crippen LogP contribution >= 0.6 is 27.5 Å². The molecule has 2 aromatic carbocycles. The topological polar surface area (TPSA) is 72.2 Å². The van der Waals surface area contributed by atoms with Crippen molar-refractivity contribution >= 4 is 43.2 Å². The van der Waals surface area contributed by atoms with Crippen LogP contribution in [0.1, 0.15) is 5.56 Å². The Morgan fingerprint density at radius 1 is 1.15 bits per heavy atom. The zero-order valence-electron chi connectivity index (χ0n) is 10.3. The molecule has 2 aromatic rings. The first-order valence-corrected chi connectivity index (χ1v) is 8.34. The molecule has 0 saturated heterocycles. The third-order valence-electron chi connectivity index (χ3n) is 2.64. The van der Waals surface area contributed by atoms with Gasteiger partial charge < -0.3 is 5.73 Å². The highest BCUT2D eigenvalue weighted by molar-refractivity contribution is 9.10. The second-order valence-corrected chi connectivity index (χ2v) is 7.05. The molecule has 0 unspecified atom stereocenters. The summed E-state index contributed by atoms with van der Waals surface area (Å²) in [5.41, 5.74) is 6.78. The number of benzene rings is 2. The van der Waals surface area contributed by atoms with E-state index in [9.17, 15) is 8.42 Å². The second-order valence-electron chi connectivity index (χ2n) is 4.08. The molecule has 0 saturated carbocycles. The Morgan fingerprint density at radius 3 is 2.35 bits per heavy atom. The standard InChI is InChI=1S/C13H12BrClN2O2S/c14-12-7-10(15)3-6-13(12)17-20(18,19)11-4-1-9(8-16)2-5-11/h1-7,17H,8,16H2. The van der Waals surface area contributed by atoms with Gasteiger partial charge in [-0.3, -0.25) is 4.72 Å². The Kier molecular flexibility index (Phi) is 4.70. The molecule has 0 amide bonds. The fraction of sp³-hybridized carbons (Fsp3) is 0.0769. The van der Waals surface area contributed by atoms with Crippen LogP contribution in [0.2, 0.25) is 5.02 Å². The molecule has 0 aliphatic rings. The van der Waals surface area contributed by atoms with Crippen molar-refractivity contribution in [3.63, 3.8) is 0 Å². The third-order valence-corrected chi connectivity index (χ3v) is 4.92. The maximum Gasteiger partial charge on any atom is 0.261 e. The minimum absolute atomic E-state index is 0.177. The van der Waals surface area contributed by atoms with E-state index in [1.807, 2.05) is 0 Å². The van der Waals surface area contributed by atoms with Crippen molar-refractivity contribution in [2.75, 3.05) is 4.72 Å². The SMILES string of the molecule is NCc1ccc(S(=O)(=O)Nc2ccc(Cl)cc2Br)cc1. The van der Waals surface area contributed by atoms with Crippen LogP contribution in [-0.2, 0) is 16.6 Å². The lowest BCUT2D eigenvalue weighted by atomic mass is 10.2. The first kappa shape index (κ1) is 15.3. The van der Waals surface area contributed by atoms with Gasteiger partial charge in [0.25, 0.3) is 10.0 Å². The number of hydrogen-bond acceptors (Lipinski definition) is 3. The van der Waals surface area contributed by atoms with Gasteiger partial charge in [-0.15, -0.1) is 0 Å². The molecule has 0 spiro atoms. The van der Waals surface area contributed by atoms with Crippen LogP contribution in [0.5, 0.6) is 0 Å². The molecule has 0 fully saturated rings. The van der Waals surface area contributed by atoms with Crippen molar-refractivity contribution in [1.29, 1.82) is 0 Å². The maximum atomic E-state index is 12.2. The van der Waals surface area contributed by atoms with E-state index >= 15 is 0 Å². The van der Waals surface area contributed by atoms with Crippen LogP contribution in [0.4, 0.5) is 5.69 Å². The Morgan fingerprint density at radius 2 is 1.80 bits per heavy atom. The molecular weight excluding hydrogens is 364 g/mol. The lowest BCUT2D eigenvalue weighted by molar-refractivity contribution is 0.601. The molecule has 4 nitrogen and oxygen atoms in total. The molecule has 0 aliphatic carbocycles. The summed E-state index contributed by atoms with van der Waals surface area (Å²) in [6.45, 7) is 0.372. The zero-order valence-corrected chi connectivity index (χ0v) is 13.5. The van der Waals surface area contributed by atoms with E-state index in [1.54, 1.807) is 30.3 Å². The molecule has 0 radical (unpaired) electrons. The van der Waals surface area contributed by atoms with Gasteiger partial charge in [0.2, 0.25) is 0 Å². The van der Waals surface area contributed by atoms with Crippen LogP contribution in [-0.4, -0.2) is 8.42 Å². The zero-order chi connectivity index (χ0) is 14.8. The Hall–Kier alpha value is -1.08. The molecule has 2 rings (SSSR count). The van der Waals surface area contributed by atoms with Crippen LogP contribution in [0.25, 0.3) is 0 Å². The van der Waals surface area contributed by atoms with Gasteiger partial charge in [-0.2, -0.15) is 0 Å². The average molecular weight is 376 g/mol. The monoisotopic (exact) mass is 374 g/mol. The molecule has 3 N–H and O–H groups in total. The van der Waals surface area contributed by atoms with E-state index in [1.165, 1.54) is 12.1 Å². The van der Waals surface area contributed by atoms with E-state index in [0.29, 0.717) is 21.7 Å². The summed E-state index contributed by atoms with van der Waals surface area (Å²) in [5, 5.41) is 0.520. The quantitative estimate of drug-likeness (QED) is 0.860. The van der Waals surface area contributed by atoms with Gasteiger partial charge >= 0.3 is 0 Å². The summed E-state index contributed by atoms with van der Waals surface area (Å²) < 4.78 is 27.6. The first-order valence-electron chi connectivity index (χ1n) is 5.69. The van der Waals surface area contributed by atoms with Crippen LogP contribution in [0.3, 0.4) is 0 Å². The minimum Gasteiger partial charge on any atom is -0.326 e. The predicted molar refractivity (Wildman–Crippen MR) is 84.3 cm³/mol. The lowest BCUT2D eigenvalue weighted by Crippen LogP contribution is -2.13. The maximum absolute atomic E-state index is 12.2. The first-order chi connectivity index (χ1) is 9.42. The summed E-state index contributed by atoms with van der Waals surface area (Å²) in [5.74, 6) is 0. The fourth-order valence-corrected chi connectivity index (χ4v) is 3.57.